The van der Waals surface area contributed by atoms with E-state index in [9.17, 15) is 4.79 Å². The fraction of sp³-hybridized carbons (Fsp3) is 0.750. The lowest BCUT2D eigenvalue weighted by Crippen LogP contribution is -2.44. The quantitative estimate of drug-likeness (QED) is 0.791. The molecule has 128 valence electrons. The number of nitrogens with two attached hydrogens (primary N) is 1. The maximum atomic E-state index is 12.4. The van der Waals surface area contributed by atoms with Gasteiger partial charge in [-0.25, -0.2) is 4.98 Å². The van der Waals surface area contributed by atoms with Gasteiger partial charge in [0.25, 0.3) is 5.91 Å². The van der Waals surface area contributed by atoms with Crippen LogP contribution in [0, 0.1) is 11.3 Å². The minimum Gasteiger partial charge on any atom is -0.347 e. The molecule has 1 heterocycles. The van der Waals surface area contributed by atoms with Crippen LogP contribution >= 0.6 is 23.7 Å². The van der Waals surface area contributed by atoms with Gasteiger partial charge in [0.15, 0.2) is 0 Å². The summed E-state index contributed by atoms with van der Waals surface area (Å²) >= 11 is 1.50. The van der Waals surface area contributed by atoms with Gasteiger partial charge >= 0.3 is 0 Å². The Morgan fingerprint density at radius 3 is 2.50 bits per heavy atom. The Morgan fingerprint density at radius 1 is 1.36 bits per heavy atom. The molecule has 1 rings (SSSR count). The SMILES string of the molecule is CC(C)CCC(NC(=O)c1csc(CCN)n1)C(C)(C)C.Cl. The summed E-state index contributed by atoms with van der Waals surface area (Å²) in [5.41, 5.74) is 6.08. The molecule has 0 aliphatic rings. The van der Waals surface area contributed by atoms with Gasteiger partial charge in [-0.15, -0.1) is 23.7 Å². The van der Waals surface area contributed by atoms with Crippen molar-refractivity contribution in [1.29, 1.82) is 0 Å². The van der Waals surface area contributed by atoms with Crippen molar-refractivity contribution >= 4 is 29.7 Å². The lowest BCUT2D eigenvalue weighted by molar-refractivity contribution is 0.0889. The van der Waals surface area contributed by atoms with Crippen LogP contribution in [0.1, 0.15) is 63.0 Å². The molecular weight excluding hydrogens is 318 g/mol. The number of amides is 1. The number of aromatic nitrogens is 1. The van der Waals surface area contributed by atoms with Crippen molar-refractivity contribution < 1.29 is 4.79 Å². The van der Waals surface area contributed by atoms with Crippen LogP contribution in [0.3, 0.4) is 0 Å². The molecule has 0 saturated carbocycles. The third-order valence-electron chi connectivity index (χ3n) is 3.53. The van der Waals surface area contributed by atoms with Gasteiger partial charge in [0.2, 0.25) is 0 Å². The Kier molecular flexibility index (Phi) is 9.20. The molecule has 1 atom stereocenters. The van der Waals surface area contributed by atoms with Crippen molar-refractivity contribution in [3.63, 3.8) is 0 Å². The minimum absolute atomic E-state index is 0. The first-order valence-electron chi connectivity index (χ1n) is 7.69. The Labute approximate surface area is 144 Å². The number of nitrogens with zero attached hydrogens (tertiary/aromatic N) is 1. The molecule has 0 aromatic carbocycles. The second-order valence-electron chi connectivity index (χ2n) is 7.03. The van der Waals surface area contributed by atoms with Crippen LogP contribution in [-0.4, -0.2) is 23.5 Å². The number of nitrogens with one attached hydrogen (secondary N) is 1. The van der Waals surface area contributed by atoms with Gasteiger partial charge in [-0.3, -0.25) is 4.79 Å². The summed E-state index contributed by atoms with van der Waals surface area (Å²) in [4.78, 5) is 16.7. The minimum atomic E-state index is -0.0711. The van der Waals surface area contributed by atoms with Gasteiger partial charge < -0.3 is 11.1 Å². The van der Waals surface area contributed by atoms with Crippen molar-refractivity contribution in [2.24, 2.45) is 17.1 Å². The lowest BCUT2D eigenvalue weighted by Gasteiger charge is -2.32. The summed E-state index contributed by atoms with van der Waals surface area (Å²) in [6, 6.07) is 0.159. The van der Waals surface area contributed by atoms with Crippen LogP contribution in [0.15, 0.2) is 5.38 Å². The van der Waals surface area contributed by atoms with Gasteiger partial charge in [-0.2, -0.15) is 0 Å². The summed E-state index contributed by atoms with van der Waals surface area (Å²) < 4.78 is 0. The van der Waals surface area contributed by atoms with E-state index in [2.05, 4.69) is 44.9 Å². The highest BCUT2D eigenvalue weighted by Crippen LogP contribution is 2.25. The molecule has 0 radical (unpaired) electrons. The van der Waals surface area contributed by atoms with Crippen LogP contribution in [0.25, 0.3) is 0 Å². The van der Waals surface area contributed by atoms with E-state index in [0.29, 0.717) is 18.2 Å². The fourth-order valence-electron chi connectivity index (χ4n) is 2.11. The number of thiazole rings is 1. The number of halogens is 1. The highest BCUT2D eigenvalue weighted by molar-refractivity contribution is 7.09. The number of hydrogen-bond acceptors (Lipinski definition) is 4. The van der Waals surface area contributed by atoms with Crippen molar-refractivity contribution in [1.82, 2.24) is 10.3 Å². The predicted molar refractivity (Wildman–Crippen MR) is 96.9 cm³/mol. The van der Waals surface area contributed by atoms with Crippen LogP contribution < -0.4 is 11.1 Å². The molecule has 4 nitrogen and oxygen atoms in total. The number of rotatable bonds is 7. The van der Waals surface area contributed by atoms with E-state index >= 15 is 0 Å². The lowest BCUT2D eigenvalue weighted by atomic mass is 9.83. The standard InChI is InChI=1S/C16H29N3OS.ClH/c1-11(2)6-7-13(16(3,4)5)19-15(20)12-10-21-14(18-12)8-9-17;/h10-11,13H,6-9,17H2,1-5H3,(H,19,20);1H. The molecular formula is C16H30ClN3OS. The van der Waals surface area contributed by atoms with Gasteiger partial charge in [0.05, 0.1) is 5.01 Å². The predicted octanol–water partition coefficient (Wildman–Crippen LogP) is 3.65. The molecule has 3 N–H and O–H groups in total. The first-order chi connectivity index (χ1) is 9.74. The van der Waals surface area contributed by atoms with Crippen LogP contribution in [0.4, 0.5) is 0 Å². The fourth-order valence-corrected chi connectivity index (χ4v) is 2.90. The zero-order valence-corrected chi connectivity index (χ0v) is 15.9. The van der Waals surface area contributed by atoms with Gasteiger partial charge in [0.1, 0.15) is 5.69 Å². The zero-order chi connectivity index (χ0) is 16.0. The summed E-state index contributed by atoms with van der Waals surface area (Å²) in [6.07, 6.45) is 2.83. The second kappa shape index (κ2) is 9.48. The summed E-state index contributed by atoms with van der Waals surface area (Å²) in [7, 11) is 0. The van der Waals surface area contributed by atoms with Crippen LogP contribution in [0.2, 0.25) is 0 Å². The highest BCUT2D eigenvalue weighted by Gasteiger charge is 2.27. The average Bonchev–Trinajstić information content (AvgIpc) is 2.81. The van der Waals surface area contributed by atoms with Gasteiger partial charge in [-0.1, -0.05) is 34.6 Å². The van der Waals surface area contributed by atoms with E-state index in [4.69, 9.17) is 5.73 Å². The summed E-state index contributed by atoms with van der Waals surface area (Å²) in [5, 5.41) is 5.91. The molecule has 1 amide bonds. The van der Waals surface area contributed by atoms with Crippen molar-refractivity contribution in [2.45, 2.75) is 59.9 Å². The molecule has 0 bridgehead atoms. The van der Waals surface area contributed by atoms with Gasteiger partial charge in [-0.05, 0) is 30.7 Å². The van der Waals surface area contributed by atoms with E-state index in [0.717, 1.165) is 24.3 Å². The van der Waals surface area contributed by atoms with Crippen molar-refractivity contribution in [3.8, 4) is 0 Å². The Hall–Kier alpha value is -0.650. The Bertz CT molecular complexity index is 454. The third-order valence-corrected chi connectivity index (χ3v) is 4.43. The van der Waals surface area contributed by atoms with Crippen molar-refractivity contribution in [3.05, 3.63) is 16.1 Å². The van der Waals surface area contributed by atoms with E-state index in [1.807, 2.05) is 5.38 Å². The highest BCUT2D eigenvalue weighted by atomic mass is 35.5. The first kappa shape index (κ1) is 21.4. The largest absolute Gasteiger partial charge is 0.347 e. The average molecular weight is 348 g/mol. The molecule has 0 saturated heterocycles. The number of carbonyl (C=O) groups excluding carboxylic acids is 1. The summed E-state index contributed by atoms with van der Waals surface area (Å²) in [6.45, 7) is 11.5. The second-order valence-corrected chi connectivity index (χ2v) is 7.97. The molecule has 22 heavy (non-hydrogen) atoms. The molecule has 6 heteroatoms. The molecule has 0 fully saturated rings. The normalized spacial score (nSPS) is 12.9. The molecule has 1 aromatic heterocycles. The Morgan fingerprint density at radius 2 is 2.00 bits per heavy atom. The molecule has 0 spiro atoms. The molecule has 1 aromatic rings. The van der Waals surface area contributed by atoms with Crippen LogP contribution in [-0.2, 0) is 6.42 Å². The molecule has 0 aliphatic carbocycles. The summed E-state index contributed by atoms with van der Waals surface area (Å²) in [5.74, 6) is 0.570. The van der Waals surface area contributed by atoms with E-state index in [1.54, 1.807) is 0 Å². The van der Waals surface area contributed by atoms with E-state index < -0.39 is 0 Å². The number of carbonyl (C=O) groups is 1. The van der Waals surface area contributed by atoms with Crippen LogP contribution in [0.5, 0.6) is 0 Å². The maximum absolute atomic E-state index is 12.4. The smallest absolute Gasteiger partial charge is 0.270 e. The molecule has 0 aliphatic heterocycles. The van der Waals surface area contributed by atoms with E-state index in [1.165, 1.54) is 11.3 Å². The first-order valence-corrected chi connectivity index (χ1v) is 8.57. The topological polar surface area (TPSA) is 68.0 Å². The van der Waals surface area contributed by atoms with Crippen molar-refractivity contribution in [2.75, 3.05) is 6.54 Å². The monoisotopic (exact) mass is 347 g/mol. The number of hydrogen-bond donors (Lipinski definition) is 2. The van der Waals surface area contributed by atoms with E-state index in [-0.39, 0.29) is 29.8 Å². The zero-order valence-electron chi connectivity index (χ0n) is 14.3. The molecule has 1 unspecified atom stereocenters. The Balaban J connectivity index is 0.00000441. The third kappa shape index (κ3) is 7.07. The van der Waals surface area contributed by atoms with Gasteiger partial charge in [0, 0.05) is 17.8 Å². The maximum Gasteiger partial charge on any atom is 0.270 e.